The molecule has 100 valence electrons. The normalized spacial score (nSPS) is 12.2. The van der Waals surface area contributed by atoms with E-state index in [0.717, 1.165) is 0 Å². The first kappa shape index (κ1) is 14.1. The van der Waals surface area contributed by atoms with Gasteiger partial charge in [0.05, 0.1) is 10.5 Å². The van der Waals surface area contributed by atoms with Crippen molar-refractivity contribution in [2.45, 2.75) is 13.0 Å². The minimum absolute atomic E-state index is 0.211. The maximum Gasteiger partial charge on any atom is 0.275 e. The molecule has 0 aliphatic carbocycles. The molecule has 1 heterocycles. The smallest absolute Gasteiger partial charge is 0.275 e. The zero-order valence-electron chi connectivity index (χ0n) is 9.98. The molecule has 0 bridgehead atoms. The van der Waals surface area contributed by atoms with Gasteiger partial charge in [0.1, 0.15) is 16.5 Å². The van der Waals surface area contributed by atoms with E-state index in [1.165, 1.54) is 23.5 Å². The van der Waals surface area contributed by atoms with E-state index in [9.17, 15) is 9.18 Å². The van der Waals surface area contributed by atoms with Crippen LogP contribution in [0.1, 0.15) is 28.5 Å². The number of benzene rings is 1. The second-order valence-corrected chi connectivity index (χ2v) is 5.69. The lowest BCUT2D eigenvalue weighted by atomic mass is 10.3. The topological polar surface area (TPSA) is 68.0 Å². The molecule has 0 saturated heterocycles. The summed E-state index contributed by atoms with van der Waals surface area (Å²) >= 11 is 4.37. The number of nitrogens with zero attached hydrogens (tertiary/aromatic N) is 1. The Morgan fingerprint density at radius 2 is 2.32 bits per heavy atom. The van der Waals surface area contributed by atoms with Crippen LogP contribution in [0.2, 0.25) is 0 Å². The van der Waals surface area contributed by atoms with Crippen LogP contribution < -0.4 is 11.1 Å². The molecular formula is C12H11BrFN3OS. The zero-order valence-corrected chi connectivity index (χ0v) is 12.4. The summed E-state index contributed by atoms with van der Waals surface area (Å²) in [5.74, 6) is -0.822. The summed E-state index contributed by atoms with van der Waals surface area (Å²) in [6.07, 6.45) is 0. The van der Waals surface area contributed by atoms with Gasteiger partial charge in [0, 0.05) is 11.1 Å². The zero-order chi connectivity index (χ0) is 14.0. The summed E-state index contributed by atoms with van der Waals surface area (Å²) in [5.41, 5.74) is 6.33. The molecular weight excluding hydrogens is 333 g/mol. The van der Waals surface area contributed by atoms with E-state index in [0.29, 0.717) is 15.2 Å². The molecule has 19 heavy (non-hydrogen) atoms. The molecule has 1 aromatic carbocycles. The molecule has 0 fully saturated rings. The number of aromatic nitrogens is 1. The van der Waals surface area contributed by atoms with Crippen LogP contribution in [-0.2, 0) is 0 Å². The summed E-state index contributed by atoms with van der Waals surface area (Å²) in [6, 6.07) is 4.15. The fraction of sp³-hybridized carbons (Fsp3) is 0.167. The van der Waals surface area contributed by atoms with E-state index in [1.54, 1.807) is 18.4 Å². The number of hydrogen-bond donors (Lipinski definition) is 2. The average Bonchev–Trinajstić information content (AvgIpc) is 2.83. The molecule has 1 unspecified atom stereocenters. The van der Waals surface area contributed by atoms with Gasteiger partial charge >= 0.3 is 0 Å². The molecule has 0 radical (unpaired) electrons. The van der Waals surface area contributed by atoms with Crippen molar-refractivity contribution in [2.75, 3.05) is 5.32 Å². The van der Waals surface area contributed by atoms with Gasteiger partial charge in [-0.15, -0.1) is 11.3 Å². The first-order valence-electron chi connectivity index (χ1n) is 5.45. The summed E-state index contributed by atoms with van der Waals surface area (Å²) < 4.78 is 13.7. The van der Waals surface area contributed by atoms with E-state index < -0.39 is 5.82 Å². The number of hydrogen-bond acceptors (Lipinski definition) is 4. The minimum atomic E-state index is -0.438. The molecule has 1 aromatic heterocycles. The van der Waals surface area contributed by atoms with E-state index in [4.69, 9.17) is 5.73 Å². The van der Waals surface area contributed by atoms with Gasteiger partial charge in [0.25, 0.3) is 5.91 Å². The molecule has 4 nitrogen and oxygen atoms in total. The summed E-state index contributed by atoms with van der Waals surface area (Å²) in [7, 11) is 0. The predicted octanol–water partition coefficient (Wildman–Crippen LogP) is 3.32. The van der Waals surface area contributed by atoms with Gasteiger partial charge in [0.2, 0.25) is 0 Å². The molecule has 0 aliphatic rings. The standard InChI is InChI=1S/C12H11BrFN3OS/c1-6(15)12-17-10(5-19-12)11(18)16-7-2-3-8(13)9(14)4-7/h2-6H,15H2,1H3,(H,16,18). The Morgan fingerprint density at radius 3 is 2.89 bits per heavy atom. The summed E-state index contributed by atoms with van der Waals surface area (Å²) in [6.45, 7) is 1.80. The molecule has 0 spiro atoms. The lowest BCUT2D eigenvalue weighted by Gasteiger charge is -2.04. The fourth-order valence-electron chi connectivity index (χ4n) is 1.37. The number of carbonyl (C=O) groups excluding carboxylic acids is 1. The van der Waals surface area contributed by atoms with Crippen molar-refractivity contribution in [1.29, 1.82) is 0 Å². The molecule has 0 saturated carbocycles. The first-order chi connectivity index (χ1) is 8.97. The van der Waals surface area contributed by atoms with E-state index in [2.05, 4.69) is 26.2 Å². The molecule has 2 rings (SSSR count). The third kappa shape index (κ3) is 3.37. The molecule has 2 aromatic rings. The van der Waals surface area contributed by atoms with Crippen LogP contribution in [-0.4, -0.2) is 10.9 Å². The molecule has 7 heteroatoms. The molecule has 1 amide bonds. The predicted molar refractivity (Wildman–Crippen MR) is 76.8 cm³/mol. The number of amides is 1. The van der Waals surface area contributed by atoms with Gasteiger partial charge in [-0.05, 0) is 41.1 Å². The number of nitrogens with one attached hydrogen (secondary N) is 1. The highest BCUT2D eigenvalue weighted by atomic mass is 79.9. The van der Waals surface area contributed by atoms with Crippen LogP contribution in [0, 0.1) is 5.82 Å². The van der Waals surface area contributed by atoms with Crippen molar-refractivity contribution in [1.82, 2.24) is 4.98 Å². The second kappa shape index (κ2) is 5.77. The summed E-state index contributed by atoms with van der Waals surface area (Å²) in [5, 5.41) is 4.90. The lowest BCUT2D eigenvalue weighted by molar-refractivity contribution is 0.102. The van der Waals surface area contributed by atoms with Crippen molar-refractivity contribution in [3.05, 3.63) is 44.6 Å². The van der Waals surface area contributed by atoms with Crippen molar-refractivity contribution < 1.29 is 9.18 Å². The Hall–Kier alpha value is -1.31. The highest BCUT2D eigenvalue weighted by molar-refractivity contribution is 9.10. The van der Waals surface area contributed by atoms with Gasteiger partial charge in [-0.25, -0.2) is 9.37 Å². The van der Waals surface area contributed by atoms with Crippen LogP contribution in [0.25, 0.3) is 0 Å². The van der Waals surface area contributed by atoms with Crippen LogP contribution in [0.15, 0.2) is 28.1 Å². The summed E-state index contributed by atoms with van der Waals surface area (Å²) in [4.78, 5) is 16.0. The SMILES string of the molecule is CC(N)c1nc(C(=O)Nc2ccc(Br)c(F)c2)cs1. The molecule has 1 atom stereocenters. The van der Waals surface area contributed by atoms with Crippen molar-refractivity contribution >= 4 is 38.9 Å². The largest absolute Gasteiger partial charge is 0.322 e. The van der Waals surface area contributed by atoms with Gasteiger partial charge in [0.15, 0.2) is 0 Å². The minimum Gasteiger partial charge on any atom is -0.322 e. The van der Waals surface area contributed by atoms with E-state index in [-0.39, 0.29) is 17.6 Å². The monoisotopic (exact) mass is 343 g/mol. The molecule has 0 aliphatic heterocycles. The Bertz CT molecular complexity index is 615. The maximum atomic E-state index is 13.3. The molecule has 3 N–H and O–H groups in total. The quantitative estimate of drug-likeness (QED) is 0.898. The van der Waals surface area contributed by atoms with E-state index in [1.807, 2.05) is 0 Å². The maximum absolute atomic E-state index is 13.3. The number of carbonyl (C=O) groups is 1. The Labute approximate surface area is 122 Å². The Morgan fingerprint density at radius 1 is 1.58 bits per heavy atom. The van der Waals surface area contributed by atoms with Gasteiger partial charge in [-0.1, -0.05) is 0 Å². The first-order valence-corrected chi connectivity index (χ1v) is 7.12. The van der Waals surface area contributed by atoms with Gasteiger partial charge in [-0.3, -0.25) is 4.79 Å². The highest BCUT2D eigenvalue weighted by Crippen LogP contribution is 2.21. The van der Waals surface area contributed by atoms with Crippen LogP contribution in [0.5, 0.6) is 0 Å². The van der Waals surface area contributed by atoms with E-state index >= 15 is 0 Å². The fourth-order valence-corrected chi connectivity index (χ4v) is 2.37. The highest BCUT2D eigenvalue weighted by Gasteiger charge is 2.13. The Balaban J connectivity index is 2.13. The number of halogens is 2. The average molecular weight is 344 g/mol. The van der Waals surface area contributed by atoms with Crippen molar-refractivity contribution in [3.8, 4) is 0 Å². The van der Waals surface area contributed by atoms with Crippen LogP contribution in [0.4, 0.5) is 10.1 Å². The number of thiazole rings is 1. The lowest BCUT2D eigenvalue weighted by Crippen LogP contribution is -2.13. The third-order valence-corrected chi connectivity index (χ3v) is 4.01. The number of nitrogens with two attached hydrogens (primary N) is 1. The van der Waals surface area contributed by atoms with Gasteiger partial charge < -0.3 is 11.1 Å². The van der Waals surface area contributed by atoms with Gasteiger partial charge in [-0.2, -0.15) is 0 Å². The van der Waals surface area contributed by atoms with Crippen LogP contribution in [0.3, 0.4) is 0 Å². The third-order valence-electron chi connectivity index (χ3n) is 2.32. The van der Waals surface area contributed by atoms with Crippen molar-refractivity contribution in [3.63, 3.8) is 0 Å². The van der Waals surface area contributed by atoms with Crippen molar-refractivity contribution in [2.24, 2.45) is 5.73 Å². The van der Waals surface area contributed by atoms with Crippen LogP contribution >= 0.6 is 27.3 Å². The second-order valence-electron chi connectivity index (χ2n) is 3.94. The Kier molecular flexibility index (Phi) is 4.28. The number of rotatable bonds is 3. The number of anilines is 1.